The first-order chi connectivity index (χ1) is 9.60. The zero-order valence-corrected chi connectivity index (χ0v) is 11.7. The van der Waals surface area contributed by atoms with Crippen LogP contribution in [0, 0.1) is 12.3 Å². The van der Waals surface area contributed by atoms with E-state index in [1.807, 2.05) is 36.4 Å². The molecule has 1 N–H and O–H groups in total. The van der Waals surface area contributed by atoms with Crippen molar-refractivity contribution in [2.24, 2.45) is 5.92 Å². The molecule has 1 atom stereocenters. The van der Waals surface area contributed by atoms with Gasteiger partial charge < -0.3 is 4.74 Å². The average molecular weight is 288 g/mol. The second-order valence-electron chi connectivity index (χ2n) is 4.59. The van der Waals surface area contributed by atoms with Gasteiger partial charge in [0.05, 0.1) is 31.4 Å². The van der Waals surface area contributed by atoms with Gasteiger partial charge in [0.1, 0.15) is 5.92 Å². The van der Waals surface area contributed by atoms with Crippen molar-refractivity contribution in [3.63, 3.8) is 0 Å². The number of ether oxygens (including phenoxy) is 1. The summed E-state index contributed by atoms with van der Waals surface area (Å²) in [6.45, 7) is 0. The number of hydrogen-bond acceptors (Lipinski definition) is 3. The van der Waals surface area contributed by atoms with E-state index in [2.05, 4.69) is 4.72 Å². The van der Waals surface area contributed by atoms with Gasteiger partial charge in [0.15, 0.2) is 4.91 Å². The first-order valence-electron chi connectivity index (χ1n) is 6.21. The van der Waals surface area contributed by atoms with E-state index in [1.54, 1.807) is 25.7 Å². The summed E-state index contributed by atoms with van der Waals surface area (Å²) < 4.78 is 32.4. The smallest absolute Gasteiger partial charge is 0.305 e. The lowest BCUT2D eigenvalue weighted by atomic mass is 9.98. The minimum atomic E-state index is -3.50. The van der Waals surface area contributed by atoms with Crippen LogP contribution in [-0.4, -0.2) is 15.5 Å². The maximum atomic E-state index is 12.3. The Morgan fingerprint density at radius 1 is 1.20 bits per heavy atom. The topological polar surface area (TPSA) is 55.4 Å². The zero-order valence-electron chi connectivity index (χ0n) is 10.9. The minimum Gasteiger partial charge on any atom is -0.475 e. The lowest BCUT2D eigenvalue weighted by Gasteiger charge is -2.21. The van der Waals surface area contributed by atoms with Crippen LogP contribution in [0.25, 0.3) is 5.70 Å². The molecule has 0 fully saturated rings. The monoisotopic (exact) mass is 288 g/mol. The van der Waals surface area contributed by atoms with Crippen LogP contribution in [0.15, 0.2) is 59.2 Å². The van der Waals surface area contributed by atoms with Crippen LogP contribution in [0.5, 0.6) is 0 Å². The normalized spacial score (nSPS) is 23.2. The van der Waals surface area contributed by atoms with Gasteiger partial charge in [-0.2, -0.15) is 8.42 Å². The number of allylic oxidation sites excluding steroid dienone is 4. The van der Waals surface area contributed by atoms with E-state index >= 15 is 0 Å². The molecule has 0 saturated carbocycles. The number of benzene rings is 1. The molecule has 5 heteroatoms. The number of hydrogen-bond donors (Lipinski definition) is 1. The molecule has 0 radical (unpaired) electrons. The van der Waals surface area contributed by atoms with Gasteiger partial charge in [-0.3, -0.25) is 4.72 Å². The summed E-state index contributed by atoms with van der Waals surface area (Å²) in [4.78, 5) is 0.345. The van der Waals surface area contributed by atoms with Crippen LogP contribution in [0.4, 0.5) is 0 Å². The molecule has 1 aromatic carbocycles. The van der Waals surface area contributed by atoms with Gasteiger partial charge in [-0.1, -0.05) is 30.3 Å². The molecule has 1 aromatic rings. The molecular formula is C15H14NO3S+. The summed E-state index contributed by atoms with van der Waals surface area (Å²) >= 11 is 0. The van der Waals surface area contributed by atoms with Crippen molar-refractivity contribution < 1.29 is 13.2 Å². The van der Waals surface area contributed by atoms with Crippen molar-refractivity contribution >= 4 is 15.7 Å². The Morgan fingerprint density at radius 3 is 2.65 bits per heavy atom. The molecule has 0 amide bonds. The second kappa shape index (κ2) is 4.76. The maximum absolute atomic E-state index is 12.3. The fourth-order valence-electron chi connectivity index (χ4n) is 2.32. The third-order valence-electron chi connectivity index (χ3n) is 3.31. The highest BCUT2D eigenvalue weighted by Gasteiger charge is 2.38. The number of nitrogens with one attached hydrogen (secondary N) is 1. The molecule has 1 aliphatic heterocycles. The van der Waals surface area contributed by atoms with Gasteiger partial charge in [-0.05, 0) is 11.6 Å². The van der Waals surface area contributed by atoms with E-state index in [9.17, 15) is 8.42 Å². The molecule has 0 saturated heterocycles. The molecule has 1 unspecified atom stereocenters. The lowest BCUT2D eigenvalue weighted by Crippen LogP contribution is -2.32. The molecule has 2 aliphatic rings. The maximum Gasteiger partial charge on any atom is 0.305 e. The summed E-state index contributed by atoms with van der Waals surface area (Å²) in [7, 11) is -1.93. The van der Waals surface area contributed by atoms with Gasteiger partial charge in [0, 0.05) is 0 Å². The van der Waals surface area contributed by atoms with Gasteiger partial charge in [0.2, 0.25) is 5.76 Å². The Bertz CT molecular complexity index is 715. The Balaban J connectivity index is 2.07. The molecule has 1 heterocycles. The number of rotatable bonds is 2. The van der Waals surface area contributed by atoms with Gasteiger partial charge in [0.25, 0.3) is 0 Å². The van der Waals surface area contributed by atoms with Crippen molar-refractivity contribution in [2.45, 2.75) is 0 Å². The summed E-state index contributed by atoms with van der Waals surface area (Å²) in [6.07, 6.45) is 6.95. The first kappa shape index (κ1) is 12.9. The summed E-state index contributed by atoms with van der Waals surface area (Å²) in [5.41, 5.74) is 1.44. The molecular weight excluding hydrogens is 274 g/mol. The van der Waals surface area contributed by atoms with Crippen molar-refractivity contribution in [3.8, 4) is 0 Å². The minimum absolute atomic E-state index is 0.295. The second-order valence-corrected chi connectivity index (χ2v) is 6.27. The van der Waals surface area contributed by atoms with E-state index < -0.39 is 10.0 Å². The molecule has 102 valence electrons. The quantitative estimate of drug-likeness (QED) is 0.849. The third-order valence-corrected chi connectivity index (χ3v) is 4.82. The Morgan fingerprint density at radius 2 is 1.95 bits per heavy atom. The Hall–Kier alpha value is -2.14. The molecule has 0 spiro atoms. The van der Waals surface area contributed by atoms with Crippen LogP contribution in [0.1, 0.15) is 5.56 Å². The molecule has 20 heavy (non-hydrogen) atoms. The largest absolute Gasteiger partial charge is 0.475 e. The highest BCUT2D eigenvalue weighted by atomic mass is 32.2. The first-order valence-corrected chi connectivity index (χ1v) is 7.69. The lowest BCUT2D eigenvalue weighted by molar-refractivity contribution is 0.297. The van der Waals surface area contributed by atoms with Crippen molar-refractivity contribution in [1.82, 2.24) is 4.72 Å². The predicted octanol–water partition coefficient (Wildman–Crippen LogP) is 2.21. The summed E-state index contributed by atoms with van der Waals surface area (Å²) in [5, 5.41) is 0. The fraction of sp³-hybridized carbons (Fsp3) is 0.133. The number of fused-ring (bicyclic) bond motifs is 1. The van der Waals surface area contributed by atoms with Crippen molar-refractivity contribution in [1.29, 1.82) is 0 Å². The van der Waals surface area contributed by atoms with Gasteiger partial charge >= 0.3 is 10.0 Å². The van der Waals surface area contributed by atoms with E-state index in [1.165, 1.54) is 0 Å². The Kier molecular flexibility index (Phi) is 3.06. The third kappa shape index (κ3) is 2.20. The predicted molar refractivity (Wildman–Crippen MR) is 77.4 cm³/mol. The van der Waals surface area contributed by atoms with E-state index in [0.717, 1.165) is 5.56 Å². The van der Waals surface area contributed by atoms with E-state index in [-0.39, 0.29) is 5.92 Å². The highest BCUT2D eigenvalue weighted by molar-refractivity contribution is 7.93. The van der Waals surface area contributed by atoms with Gasteiger partial charge in [-0.15, -0.1) is 0 Å². The van der Waals surface area contributed by atoms with Crippen LogP contribution in [-0.2, 0) is 14.8 Å². The van der Waals surface area contributed by atoms with Crippen LogP contribution >= 0.6 is 0 Å². The van der Waals surface area contributed by atoms with Crippen LogP contribution in [0.2, 0.25) is 0 Å². The van der Waals surface area contributed by atoms with Gasteiger partial charge in [-0.25, -0.2) is 0 Å². The number of sulfonamides is 1. The zero-order chi connectivity index (χ0) is 14.2. The van der Waals surface area contributed by atoms with E-state index in [0.29, 0.717) is 16.4 Å². The number of methoxy groups -OCH3 is 1. The molecule has 1 aliphatic carbocycles. The fourth-order valence-corrected chi connectivity index (χ4v) is 3.65. The van der Waals surface area contributed by atoms with Crippen LogP contribution < -0.4 is 4.72 Å². The Labute approximate surface area is 118 Å². The van der Waals surface area contributed by atoms with E-state index in [4.69, 9.17) is 4.74 Å². The van der Waals surface area contributed by atoms with Crippen molar-refractivity contribution in [2.75, 3.05) is 7.11 Å². The molecule has 3 rings (SSSR count). The summed E-state index contributed by atoms with van der Waals surface area (Å²) in [6, 6.07) is 9.39. The summed E-state index contributed by atoms with van der Waals surface area (Å²) in [5.74, 6) is 0.371. The molecule has 0 aromatic heterocycles. The highest BCUT2D eigenvalue weighted by Crippen LogP contribution is 2.34. The van der Waals surface area contributed by atoms with Crippen molar-refractivity contribution in [3.05, 3.63) is 71.2 Å². The molecule has 0 bridgehead atoms. The average Bonchev–Trinajstić information content (AvgIpc) is 2.46. The molecule has 4 nitrogen and oxygen atoms in total. The van der Waals surface area contributed by atoms with Crippen LogP contribution in [0.3, 0.4) is 0 Å². The standard InChI is InChI=1S/C15H14NO3S/c1-19-13-7-8-15-12(9-13)10-14(16-20(15,17)18)11-5-3-2-4-6-11/h2-10,12,16H,1H3/q+1. The SMILES string of the molecule is COC1=CC2C=C(c3ccccc3)NS(=O)(=O)C2=C[CH+]1.